The molecule has 0 atom stereocenters. The van der Waals surface area contributed by atoms with Gasteiger partial charge in [-0.25, -0.2) is 0 Å². The Bertz CT molecular complexity index is 281. The standard InChI is InChI=1S/C11H15NO/c1-12-8-4-6-10-5-3-7-11(9-10)13-2/h3-7,9,12H,8H2,1-2H3/b6-4+. The van der Waals surface area contributed by atoms with E-state index in [1.54, 1.807) is 7.11 Å². The Morgan fingerprint density at radius 1 is 1.46 bits per heavy atom. The summed E-state index contributed by atoms with van der Waals surface area (Å²) in [4.78, 5) is 0. The van der Waals surface area contributed by atoms with Crippen LogP contribution in [0.5, 0.6) is 5.75 Å². The van der Waals surface area contributed by atoms with Crippen molar-refractivity contribution in [3.8, 4) is 5.75 Å². The normalized spacial score (nSPS) is 10.6. The minimum absolute atomic E-state index is 0.886. The van der Waals surface area contributed by atoms with Gasteiger partial charge in [0.2, 0.25) is 0 Å². The second-order valence-corrected chi connectivity index (χ2v) is 2.74. The molecule has 0 spiro atoms. The summed E-state index contributed by atoms with van der Waals surface area (Å²) in [5.41, 5.74) is 1.16. The van der Waals surface area contributed by atoms with Crippen molar-refractivity contribution in [3.63, 3.8) is 0 Å². The molecular formula is C11H15NO. The van der Waals surface area contributed by atoms with Crippen LogP contribution >= 0.6 is 0 Å². The Labute approximate surface area is 79.2 Å². The van der Waals surface area contributed by atoms with Crippen LogP contribution in [0.3, 0.4) is 0 Å². The molecule has 2 heteroatoms. The minimum atomic E-state index is 0.886. The molecule has 0 bridgehead atoms. The third-order valence-corrected chi connectivity index (χ3v) is 1.73. The highest BCUT2D eigenvalue weighted by molar-refractivity contribution is 5.51. The molecule has 0 saturated heterocycles. The van der Waals surface area contributed by atoms with E-state index in [4.69, 9.17) is 4.74 Å². The molecule has 0 unspecified atom stereocenters. The van der Waals surface area contributed by atoms with Gasteiger partial charge in [0.15, 0.2) is 0 Å². The predicted molar refractivity (Wildman–Crippen MR) is 56.0 cm³/mol. The third kappa shape index (κ3) is 3.30. The highest BCUT2D eigenvalue weighted by Crippen LogP contribution is 2.13. The van der Waals surface area contributed by atoms with E-state index in [0.717, 1.165) is 17.9 Å². The van der Waals surface area contributed by atoms with Gasteiger partial charge in [0, 0.05) is 6.54 Å². The summed E-state index contributed by atoms with van der Waals surface area (Å²) in [6.45, 7) is 0.886. The maximum Gasteiger partial charge on any atom is 0.119 e. The van der Waals surface area contributed by atoms with Crippen LogP contribution in [-0.2, 0) is 0 Å². The first-order valence-corrected chi connectivity index (χ1v) is 4.32. The SMILES string of the molecule is CNC/C=C/c1cccc(OC)c1. The molecule has 0 aromatic heterocycles. The van der Waals surface area contributed by atoms with Gasteiger partial charge in [0.1, 0.15) is 5.75 Å². The van der Waals surface area contributed by atoms with Crippen LogP contribution in [0, 0.1) is 0 Å². The van der Waals surface area contributed by atoms with Crippen LogP contribution in [0.1, 0.15) is 5.56 Å². The number of nitrogens with one attached hydrogen (secondary N) is 1. The summed E-state index contributed by atoms with van der Waals surface area (Å²) in [6.07, 6.45) is 4.15. The first kappa shape index (κ1) is 9.81. The lowest BCUT2D eigenvalue weighted by molar-refractivity contribution is 0.414. The van der Waals surface area contributed by atoms with E-state index in [9.17, 15) is 0 Å². The average Bonchev–Trinajstić information content (AvgIpc) is 2.19. The van der Waals surface area contributed by atoms with Crippen molar-refractivity contribution in [3.05, 3.63) is 35.9 Å². The molecule has 0 fully saturated rings. The van der Waals surface area contributed by atoms with E-state index in [0.29, 0.717) is 0 Å². The van der Waals surface area contributed by atoms with Gasteiger partial charge in [-0.05, 0) is 24.7 Å². The van der Waals surface area contributed by atoms with E-state index >= 15 is 0 Å². The number of rotatable bonds is 4. The zero-order valence-electron chi connectivity index (χ0n) is 8.08. The highest BCUT2D eigenvalue weighted by atomic mass is 16.5. The summed E-state index contributed by atoms with van der Waals surface area (Å²) in [7, 11) is 3.60. The van der Waals surface area contributed by atoms with Crippen molar-refractivity contribution in [1.29, 1.82) is 0 Å². The lowest BCUT2D eigenvalue weighted by Crippen LogP contribution is -2.03. The monoisotopic (exact) mass is 177 g/mol. The topological polar surface area (TPSA) is 21.3 Å². The second kappa shape index (κ2) is 5.38. The number of hydrogen-bond donors (Lipinski definition) is 1. The maximum absolute atomic E-state index is 5.11. The molecule has 70 valence electrons. The van der Waals surface area contributed by atoms with Crippen LogP contribution in [0.15, 0.2) is 30.3 Å². The molecule has 0 aliphatic rings. The quantitative estimate of drug-likeness (QED) is 0.758. The van der Waals surface area contributed by atoms with Gasteiger partial charge in [0.25, 0.3) is 0 Å². The maximum atomic E-state index is 5.11. The number of hydrogen-bond acceptors (Lipinski definition) is 2. The van der Waals surface area contributed by atoms with E-state index in [1.807, 2.05) is 25.2 Å². The van der Waals surface area contributed by atoms with Crippen molar-refractivity contribution in [2.45, 2.75) is 0 Å². The van der Waals surface area contributed by atoms with Crippen LogP contribution in [-0.4, -0.2) is 20.7 Å². The molecule has 0 radical (unpaired) electrons. The van der Waals surface area contributed by atoms with Crippen molar-refractivity contribution in [2.24, 2.45) is 0 Å². The molecule has 13 heavy (non-hydrogen) atoms. The minimum Gasteiger partial charge on any atom is -0.497 e. The van der Waals surface area contributed by atoms with E-state index in [2.05, 4.69) is 23.5 Å². The van der Waals surface area contributed by atoms with Gasteiger partial charge >= 0.3 is 0 Å². The van der Waals surface area contributed by atoms with Crippen molar-refractivity contribution < 1.29 is 4.74 Å². The van der Waals surface area contributed by atoms with Crippen LogP contribution in [0.25, 0.3) is 6.08 Å². The smallest absolute Gasteiger partial charge is 0.119 e. The van der Waals surface area contributed by atoms with Crippen LogP contribution < -0.4 is 10.1 Å². The van der Waals surface area contributed by atoms with E-state index < -0.39 is 0 Å². The second-order valence-electron chi connectivity index (χ2n) is 2.74. The molecule has 2 nitrogen and oxygen atoms in total. The van der Waals surface area contributed by atoms with E-state index in [1.165, 1.54) is 0 Å². The summed E-state index contributed by atoms with van der Waals surface area (Å²) in [5.74, 6) is 0.895. The highest BCUT2D eigenvalue weighted by Gasteiger charge is 1.90. The largest absolute Gasteiger partial charge is 0.497 e. The van der Waals surface area contributed by atoms with Crippen LogP contribution in [0.2, 0.25) is 0 Å². The molecule has 1 aromatic carbocycles. The number of likely N-dealkylation sites (N-methyl/N-ethyl adjacent to an activating group) is 1. The van der Waals surface area contributed by atoms with Crippen molar-refractivity contribution >= 4 is 6.08 Å². The lowest BCUT2D eigenvalue weighted by atomic mass is 10.2. The Hall–Kier alpha value is -1.28. The van der Waals surface area contributed by atoms with Crippen LogP contribution in [0.4, 0.5) is 0 Å². The molecule has 0 aliphatic heterocycles. The van der Waals surface area contributed by atoms with E-state index in [-0.39, 0.29) is 0 Å². The first-order valence-electron chi connectivity index (χ1n) is 4.32. The molecular weight excluding hydrogens is 162 g/mol. The summed E-state index contributed by atoms with van der Waals surface area (Å²) >= 11 is 0. The molecule has 0 heterocycles. The fraction of sp³-hybridized carbons (Fsp3) is 0.273. The summed E-state index contributed by atoms with van der Waals surface area (Å²) in [5, 5.41) is 3.05. The molecule has 1 N–H and O–H groups in total. The number of ether oxygens (including phenoxy) is 1. The number of methoxy groups -OCH3 is 1. The van der Waals surface area contributed by atoms with Gasteiger partial charge in [-0.2, -0.15) is 0 Å². The van der Waals surface area contributed by atoms with Gasteiger partial charge in [-0.1, -0.05) is 24.3 Å². The summed E-state index contributed by atoms with van der Waals surface area (Å²) in [6, 6.07) is 7.98. The Balaban J connectivity index is 2.66. The lowest BCUT2D eigenvalue weighted by Gasteiger charge is -1.99. The molecule has 1 aromatic rings. The van der Waals surface area contributed by atoms with Gasteiger partial charge < -0.3 is 10.1 Å². The van der Waals surface area contributed by atoms with Gasteiger partial charge in [-0.3, -0.25) is 0 Å². The summed E-state index contributed by atoms with van der Waals surface area (Å²) < 4.78 is 5.11. The fourth-order valence-electron chi connectivity index (χ4n) is 1.06. The fourth-order valence-corrected chi connectivity index (χ4v) is 1.06. The Kier molecular flexibility index (Phi) is 4.06. The van der Waals surface area contributed by atoms with Crippen molar-refractivity contribution in [2.75, 3.05) is 20.7 Å². The molecule has 0 saturated carbocycles. The van der Waals surface area contributed by atoms with Gasteiger partial charge in [-0.15, -0.1) is 0 Å². The van der Waals surface area contributed by atoms with Gasteiger partial charge in [0.05, 0.1) is 7.11 Å². The third-order valence-electron chi connectivity index (χ3n) is 1.73. The Morgan fingerprint density at radius 3 is 3.00 bits per heavy atom. The van der Waals surface area contributed by atoms with Crippen molar-refractivity contribution in [1.82, 2.24) is 5.32 Å². The molecule has 0 amide bonds. The zero-order chi connectivity index (χ0) is 9.52. The molecule has 1 rings (SSSR count). The zero-order valence-corrected chi connectivity index (χ0v) is 8.08. The first-order chi connectivity index (χ1) is 6.36. The Morgan fingerprint density at radius 2 is 2.31 bits per heavy atom. The molecule has 0 aliphatic carbocycles. The predicted octanol–water partition coefficient (Wildman–Crippen LogP) is 1.93. The number of benzene rings is 1. The average molecular weight is 177 g/mol.